The Morgan fingerprint density at radius 2 is 2.22 bits per heavy atom. The van der Waals surface area contributed by atoms with Crippen LogP contribution in [0.3, 0.4) is 0 Å². The Morgan fingerprint density at radius 1 is 1.41 bits per heavy atom. The number of ether oxygens (including phenoxy) is 1. The highest BCUT2D eigenvalue weighted by Gasteiger charge is 2.31. The van der Waals surface area contributed by atoms with E-state index in [9.17, 15) is 9.18 Å². The number of fused-ring (bicyclic) bond motifs is 1. The zero-order valence-electron chi connectivity index (χ0n) is 15.5. The van der Waals surface area contributed by atoms with Crippen molar-refractivity contribution in [3.63, 3.8) is 0 Å². The Morgan fingerprint density at radius 3 is 2.89 bits per heavy atom. The molecule has 1 aliphatic carbocycles. The quantitative estimate of drug-likeness (QED) is 0.681. The fraction of sp³-hybridized carbons (Fsp3) is 0.333. The van der Waals surface area contributed by atoms with E-state index in [1.165, 1.54) is 6.08 Å². The molecular formula is C21H24FN3O2. The Hall–Kier alpha value is -2.89. The molecule has 0 saturated heterocycles. The van der Waals surface area contributed by atoms with Crippen molar-refractivity contribution in [3.05, 3.63) is 78.2 Å². The van der Waals surface area contributed by atoms with Crippen LogP contribution in [0.25, 0.3) is 0 Å². The normalized spacial score (nSPS) is 19.9. The van der Waals surface area contributed by atoms with Gasteiger partial charge in [-0.2, -0.15) is 5.10 Å². The van der Waals surface area contributed by atoms with Crippen molar-refractivity contribution in [1.82, 2.24) is 14.7 Å². The summed E-state index contributed by atoms with van der Waals surface area (Å²) in [7, 11) is 0. The van der Waals surface area contributed by atoms with Crippen molar-refractivity contribution in [2.24, 2.45) is 0 Å². The van der Waals surface area contributed by atoms with E-state index < -0.39 is 0 Å². The van der Waals surface area contributed by atoms with Gasteiger partial charge in [0.1, 0.15) is 23.8 Å². The molecule has 0 saturated carbocycles. The number of hydrogen-bond acceptors (Lipinski definition) is 3. The highest BCUT2D eigenvalue weighted by atomic mass is 19.1. The first-order chi connectivity index (χ1) is 13.0. The average Bonchev–Trinajstić information content (AvgIpc) is 3.06. The topological polar surface area (TPSA) is 47.4 Å². The number of aromatic nitrogens is 2. The summed E-state index contributed by atoms with van der Waals surface area (Å²) in [5.74, 6) is 0.531. The summed E-state index contributed by atoms with van der Waals surface area (Å²) in [6, 6.07) is 1.78. The predicted molar refractivity (Wildman–Crippen MR) is 102 cm³/mol. The van der Waals surface area contributed by atoms with E-state index in [2.05, 4.69) is 18.3 Å². The second-order valence-corrected chi connectivity index (χ2v) is 6.70. The first kappa shape index (κ1) is 18.9. The molecule has 0 unspecified atom stereocenters. The van der Waals surface area contributed by atoms with E-state index in [0.717, 1.165) is 11.3 Å². The van der Waals surface area contributed by atoms with Gasteiger partial charge in [-0.3, -0.25) is 9.48 Å². The minimum absolute atomic E-state index is 0.0148. The van der Waals surface area contributed by atoms with Crippen molar-refractivity contribution >= 4 is 5.91 Å². The van der Waals surface area contributed by atoms with Gasteiger partial charge < -0.3 is 9.64 Å². The molecule has 2 aliphatic rings. The second-order valence-electron chi connectivity index (χ2n) is 6.70. The molecule has 1 amide bonds. The largest absolute Gasteiger partial charge is 0.492 e. The van der Waals surface area contributed by atoms with E-state index in [-0.39, 0.29) is 24.4 Å². The monoisotopic (exact) mass is 369 g/mol. The van der Waals surface area contributed by atoms with E-state index in [0.29, 0.717) is 37.3 Å². The zero-order chi connectivity index (χ0) is 19.4. The van der Waals surface area contributed by atoms with Gasteiger partial charge in [-0.05, 0) is 30.7 Å². The number of amides is 1. The van der Waals surface area contributed by atoms with Gasteiger partial charge in [0.2, 0.25) is 0 Å². The molecular weight excluding hydrogens is 345 g/mol. The fourth-order valence-corrected chi connectivity index (χ4v) is 3.19. The molecule has 5 nitrogen and oxygen atoms in total. The number of halogens is 1. The Kier molecular flexibility index (Phi) is 5.74. The molecule has 0 aromatic carbocycles. The maximum absolute atomic E-state index is 13.0. The van der Waals surface area contributed by atoms with Crippen molar-refractivity contribution in [2.45, 2.75) is 39.0 Å². The van der Waals surface area contributed by atoms with E-state index in [4.69, 9.17) is 4.74 Å². The number of allylic oxidation sites excluding steroid dienone is 6. The maximum atomic E-state index is 13.0. The molecule has 27 heavy (non-hydrogen) atoms. The molecule has 0 N–H and O–H groups in total. The van der Waals surface area contributed by atoms with Crippen LogP contribution in [0.4, 0.5) is 4.39 Å². The van der Waals surface area contributed by atoms with E-state index in [1.807, 2.05) is 17.9 Å². The molecule has 3 rings (SSSR count). The molecule has 142 valence electrons. The molecule has 0 fully saturated rings. The summed E-state index contributed by atoms with van der Waals surface area (Å²) < 4.78 is 20.5. The van der Waals surface area contributed by atoms with Crippen molar-refractivity contribution in [3.8, 4) is 0 Å². The highest BCUT2D eigenvalue weighted by Crippen LogP contribution is 2.23. The summed E-state index contributed by atoms with van der Waals surface area (Å²) in [4.78, 5) is 14.7. The van der Waals surface area contributed by atoms with E-state index >= 15 is 0 Å². The van der Waals surface area contributed by atoms with E-state index in [1.54, 1.807) is 29.0 Å². The molecule has 6 heteroatoms. The molecule has 1 aromatic rings. The Labute approximate surface area is 158 Å². The van der Waals surface area contributed by atoms with Gasteiger partial charge in [-0.25, -0.2) is 4.39 Å². The van der Waals surface area contributed by atoms with Crippen LogP contribution in [0, 0.1) is 0 Å². The summed E-state index contributed by atoms with van der Waals surface area (Å²) in [6.45, 7) is 10.9. The minimum Gasteiger partial charge on any atom is -0.492 e. The minimum atomic E-state index is -0.135. The van der Waals surface area contributed by atoms with Crippen LogP contribution in [0.1, 0.15) is 35.9 Å². The van der Waals surface area contributed by atoms with Crippen molar-refractivity contribution in [1.29, 1.82) is 0 Å². The SMILES string of the molecule is C=C/C=C(\C=C)CN1C(=O)c2cc(COC3=CC=C(F)CC3)nn2C[C@H]1C. The predicted octanol–water partition coefficient (Wildman–Crippen LogP) is 4.07. The smallest absolute Gasteiger partial charge is 0.272 e. The lowest BCUT2D eigenvalue weighted by Crippen LogP contribution is -2.47. The van der Waals surface area contributed by atoms with Gasteiger partial charge in [0.15, 0.2) is 0 Å². The van der Waals surface area contributed by atoms with Crippen LogP contribution in [-0.4, -0.2) is 33.2 Å². The first-order valence-electron chi connectivity index (χ1n) is 9.01. The third kappa shape index (κ3) is 4.27. The number of carbonyl (C=O) groups is 1. The van der Waals surface area contributed by atoms with Gasteiger partial charge in [0, 0.05) is 25.4 Å². The van der Waals surface area contributed by atoms with Crippen LogP contribution in [0.15, 0.2) is 66.8 Å². The van der Waals surface area contributed by atoms with Gasteiger partial charge in [-0.1, -0.05) is 31.4 Å². The molecule has 2 heterocycles. The summed E-state index contributed by atoms with van der Waals surface area (Å²) >= 11 is 0. The van der Waals surface area contributed by atoms with Gasteiger partial charge in [-0.15, -0.1) is 0 Å². The lowest BCUT2D eigenvalue weighted by Gasteiger charge is -2.34. The van der Waals surface area contributed by atoms with Crippen LogP contribution in [0.2, 0.25) is 0 Å². The summed E-state index contributed by atoms with van der Waals surface area (Å²) in [6.07, 6.45) is 9.26. The summed E-state index contributed by atoms with van der Waals surface area (Å²) in [5.41, 5.74) is 2.18. The number of carbonyl (C=O) groups excluding carboxylic acids is 1. The molecule has 1 atom stereocenters. The average molecular weight is 369 g/mol. The van der Waals surface area contributed by atoms with Gasteiger partial charge in [0.05, 0.1) is 12.3 Å². The van der Waals surface area contributed by atoms with Crippen LogP contribution >= 0.6 is 0 Å². The molecule has 1 aliphatic heterocycles. The number of hydrogen-bond donors (Lipinski definition) is 0. The first-order valence-corrected chi connectivity index (χ1v) is 9.01. The highest BCUT2D eigenvalue weighted by molar-refractivity contribution is 5.93. The maximum Gasteiger partial charge on any atom is 0.272 e. The molecule has 0 radical (unpaired) electrons. The van der Waals surface area contributed by atoms with Crippen LogP contribution in [-0.2, 0) is 17.9 Å². The van der Waals surface area contributed by atoms with Crippen molar-refractivity contribution in [2.75, 3.05) is 6.54 Å². The lowest BCUT2D eigenvalue weighted by molar-refractivity contribution is 0.0627. The van der Waals surface area contributed by atoms with Gasteiger partial charge in [0.25, 0.3) is 5.91 Å². The Balaban J connectivity index is 1.71. The fourth-order valence-electron chi connectivity index (χ4n) is 3.19. The van der Waals surface area contributed by atoms with Gasteiger partial charge >= 0.3 is 0 Å². The molecule has 0 spiro atoms. The zero-order valence-corrected chi connectivity index (χ0v) is 15.5. The third-order valence-corrected chi connectivity index (χ3v) is 4.69. The standard InChI is InChI=1S/C21H24FN3O2/c1-4-6-16(5-2)13-24-15(3)12-25-20(21(24)26)11-18(23-25)14-27-19-9-7-17(22)8-10-19/h4-7,9,11,15H,1-2,8,10,12-14H2,3H3/b16-6+/t15-/m1/s1. The Bertz CT molecular complexity index is 848. The number of rotatable bonds is 7. The van der Waals surface area contributed by atoms with Crippen molar-refractivity contribution < 1.29 is 13.9 Å². The lowest BCUT2D eigenvalue weighted by atomic mass is 10.1. The summed E-state index contributed by atoms with van der Waals surface area (Å²) in [5, 5.41) is 4.50. The number of nitrogens with zero attached hydrogens (tertiary/aromatic N) is 3. The molecule has 0 bridgehead atoms. The second kappa shape index (κ2) is 8.20. The molecule has 1 aromatic heterocycles. The van der Waals surface area contributed by atoms with Crippen LogP contribution in [0.5, 0.6) is 0 Å². The third-order valence-electron chi connectivity index (χ3n) is 4.69. The van der Waals surface area contributed by atoms with Crippen LogP contribution < -0.4 is 0 Å².